The summed E-state index contributed by atoms with van der Waals surface area (Å²) in [7, 11) is 0. The van der Waals surface area contributed by atoms with Gasteiger partial charge in [-0.15, -0.1) is 0 Å². The van der Waals surface area contributed by atoms with Gasteiger partial charge >= 0.3 is 0 Å². The van der Waals surface area contributed by atoms with Gasteiger partial charge in [-0.2, -0.15) is 0 Å². The van der Waals surface area contributed by atoms with E-state index in [1.165, 1.54) is 0 Å². The molecule has 94 valence electrons. The summed E-state index contributed by atoms with van der Waals surface area (Å²) in [5.74, 6) is 0. The number of nitrogens with zero attached hydrogens (tertiary/aromatic N) is 2. The van der Waals surface area contributed by atoms with Gasteiger partial charge in [0.25, 0.3) is 0 Å². The van der Waals surface area contributed by atoms with Gasteiger partial charge in [-0.3, -0.25) is 9.97 Å². The molecule has 1 aromatic carbocycles. The van der Waals surface area contributed by atoms with Crippen molar-refractivity contribution in [3.8, 4) is 0 Å². The fraction of sp³-hybridized carbons (Fsp3) is 0.0667. The Morgan fingerprint density at radius 2 is 1.89 bits per heavy atom. The van der Waals surface area contributed by atoms with E-state index in [1.807, 2.05) is 36.4 Å². The Morgan fingerprint density at radius 1 is 1.05 bits per heavy atom. The second-order valence-corrected chi connectivity index (χ2v) is 5.08. The Morgan fingerprint density at radius 3 is 2.68 bits per heavy atom. The van der Waals surface area contributed by atoms with E-state index in [2.05, 4.69) is 25.9 Å². The standard InChI is InChI=1S/C15H11BrN2O/c16-13-6-5-12(14-11(13)4-2-8-18-14)15(19)10-3-1-7-17-9-10/h1-9,15,19H. The van der Waals surface area contributed by atoms with Crippen LogP contribution in [0.5, 0.6) is 0 Å². The van der Waals surface area contributed by atoms with Crippen LogP contribution in [-0.4, -0.2) is 15.1 Å². The molecular weight excluding hydrogens is 304 g/mol. The minimum absolute atomic E-state index is 0.723. The molecule has 0 aliphatic carbocycles. The van der Waals surface area contributed by atoms with E-state index in [-0.39, 0.29) is 0 Å². The van der Waals surface area contributed by atoms with Crippen molar-refractivity contribution in [3.63, 3.8) is 0 Å². The SMILES string of the molecule is OC(c1cccnc1)c1ccc(Br)c2cccnc12. The highest BCUT2D eigenvalue weighted by atomic mass is 79.9. The molecule has 0 saturated heterocycles. The third-order valence-electron chi connectivity index (χ3n) is 3.04. The van der Waals surface area contributed by atoms with Gasteiger partial charge in [0, 0.05) is 39.6 Å². The van der Waals surface area contributed by atoms with Crippen LogP contribution in [-0.2, 0) is 0 Å². The molecule has 1 N–H and O–H groups in total. The first-order valence-corrected chi connectivity index (χ1v) is 6.68. The van der Waals surface area contributed by atoms with Gasteiger partial charge in [0.15, 0.2) is 0 Å². The molecule has 1 unspecified atom stereocenters. The van der Waals surface area contributed by atoms with E-state index in [1.54, 1.807) is 18.6 Å². The minimum atomic E-state index is -0.723. The van der Waals surface area contributed by atoms with Crippen molar-refractivity contribution in [1.29, 1.82) is 0 Å². The lowest BCUT2D eigenvalue weighted by Gasteiger charge is -2.13. The number of fused-ring (bicyclic) bond motifs is 1. The van der Waals surface area contributed by atoms with Gasteiger partial charge in [-0.05, 0) is 18.2 Å². The Hall–Kier alpha value is -1.78. The summed E-state index contributed by atoms with van der Waals surface area (Å²) in [6.07, 6.45) is 4.36. The summed E-state index contributed by atoms with van der Waals surface area (Å²) >= 11 is 3.50. The summed E-state index contributed by atoms with van der Waals surface area (Å²) in [6, 6.07) is 11.3. The molecule has 2 heterocycles. The van der Waals surface area contributed by atoms with Crippen LogP contribution in [0.1, 0.15) is 17.2 Å². The third-order valence-corrected chi connectivity index (χ3v) is 3.73. The van der Waals surface area contributed by atoms with Gasteiger partial charge in [-0.25, -0.2) is 0 Å². The monoisotopic (exact) mass is 314 g/mol. The average Bonchev–Trinajstić information content (AvgIpc) is 2.48. The van der Waals surface area contributed by atoms with Gasteiger partial charge < -0.3 is 5.11 Å². The van der Waals surface area contributed by atoms with Crippen molar-refractivity contribution in [3.05, 3.63) is 70.6 Å². The number of aliphatic hydroxyl groups excluding tert-OH is 1. The van der Waals surface area contributed by atoms with Crippen LogP contribution in [0.15, 0.2) is 59.5 Å². The van der Waals surface area contributed by atoms with E-state index >= 15 is 0 Å². The Labute approximate surface area is 119 Å². The zero-order valence-corrected chi connectivity index (χ0v) is 11.6. The minimum Gasteiger partial charge on any atom is -0.384 e. The topological polar surface area (TPSA) is 46.0 Å². The van der Waals surface area contributed by atoms with Crippen molar-refractivity contribution < 1.29 is 5.11 Å². The molecule has 2 aromatic heterocycles. The third kappa shape index (κ3) is 2.25. The lowest BCUT2D eigenvalue weighted by Crippen LogP contribution is -2.02. The van der Waals surface area contributed by atoms with Crippen molar-refractivity contribution >= 4 is 26.8 Å². The molecule has 0 saturated carbocycles. The Bertz CT molecular complexity index is 716. The van der Waals surface area contributed by atoms with Gasteiger partial charge in [0.05, 0.1) is 5.52 Å². The summed E-state index contributed by atoms with van der Waals surface area (Å²) in [5.41, 5.74) is 2.34. The number of aromatic nitrogens is 2. The van der Waals surface area contributed by atoms with Crippen LogP contribution >= 0.6 is 15.9 Å². The molecule has 0 amide bonds. The molecular formula is C15H11BrN2O. The fourth-order valence-corrected chi connectivity index (χ4v) is 2.55. The first kappa shape index (κ1) is 12.3. The summed E-state index contributed by atoms with van der Waals surface area (Å²) in [4.78, 5) is 8.42. The van der Waals surface area contributed by atoms with Crippen molar-refractivity contribution in [2.45, 2.75) is 6.10 Å². The Balaban J connectivity index is 2.18. The van der Waals surface area contributed by atoms with E-state index < -0.39 is 6.10 Å². The first-order valence-electron chi connectivity index (χ1n) is 5.88. The summed E-state index contributed by atoms with van der Waals surface area (Å²) in [5, 5.41) is 11.5. The smallest absolute Gasteiger partial charge is 0.108 e. The molecule has 19 heavy (non-hydrogen) atoms. The normalized spacial score (nSPS) is 12.5. The predicted molar refractivity (Wildman–Crippen MR) is 77.7 cm³/mol. The maximum absolute atomic E-state index is 10.5. The number of halogens is 1. The predicted octanol–water partition coefficient (Wildman–Crippen LogP) is 3.47. The molecule has 3 rings (SSSR count). The highest BCUT2D eigenvalue weighted by Crippen LogP contribution is 2.31. The molecule has 0 radical (unpaired) electrons. The molecule has 0 bridgehead atoms. The van der Waals surface area contributed by atoms with Crippen molar-refractivity contribution in [2.75, 3.05) is 0 Å². The second kappa shape index (κ2) is 5.07. The van der Waals surface area contributed by atoms with Crippen molar-refractivity contribution in [1.82, 2.24) is 9.97 Å². The van der Waals surface area contributed by atoms with E-state index in [9.17, 15) is 5.11 Å². The van der Waals surface area contributed by atoms with Crippen molar-refractivity contribution in [2.24, 2.45) is 0 Å². The molecule has 3 nitrogen and oxygen atoms in total. The summed E-state index contributed by atoms with van der Waals surface area (Å²) in [6.45, 7) is 0. The van der Waals surface area contributed by atoms with E-state index in [4.69, 9.17) is 0 Å². The van der Waals surface area contributed by atoms with Crippen LogP contribution in [0.3, 0.4) is 0 Å². The van der Waals surface area contributed by atoms with Gasteiger partial charge in [0.2, 0.25) is 0 Å². The number of hydrogen-bond acceptors (Lipinski definition) is 3. The zero-order valence-electron chi connectivity index (χ0n) is 9.99. The van der Waals surface area contributed by atoms with Gasteiger partial charge in [0.1, 0.15) is 6.10 Å². The molecule has 0 aliphatic rings. The lowest BCUT2D eigenvalue weighted by atomic mass is 10.00. The van der Waals surface area contributed by atoms with E-state index in [0.29, 0.717) is 0 Å². The zero-order chi connectivity index (χ0) is 13.2. The van der Waals surface area contributed by atoms with Crippen LogP contribution in [0.2, 0.25) is 0 Å². The summed E-state index contributed by atoms with van der Waals surface area (Å²) < 4.78 is 0.970. The number of benzene rings is 1. The first-order chi connectivity index (χ1) is 9.27. The number of hydrogen-bond donors (Lipinski definition) is 1. The quantitative estimate of drug-likeness (QED) is 0.787. The van der Waals surface area contributed by atoms with Crippen LogP contribution in [0.25, 0.3) is 10.9 Å². The Kier molecular flexibility index (Phi) is 3.27. The number of aliphatic hydroxyl groups is 1. The average molecular weight is 315 g/mol. The molecule has 4 heteroatoms. The molecule has 1 atom stereocenters. The lowest BCUT2D eigenvalue weighted by molar-refractivity contribution is 0.221. The van der Waals surface area contributed by atoms with Crippen LogP contribution < -0.4 is 0 Å². The maximum Gasteiger partial charge on any atom is 0.108 e. The van der Waals surface area contributed by atoms with Gasteiger partial charge in [-0.1, -0.05) is 34.1 Å². The van der Waals surface area contributed by atoms with Crippen LogP contribution in [0, 0.1) is 0 Å². The molecule has 3 aromatic rings. The molecule has 0 aliphatic heterocycles. The number of rotatable bonds is 2. The largest absolute Gasteiger partial charge is 0.384 e. The fourth-order valence-electron chi connectivity index (χ4n) is 2.10. The van der Waals surface area contributed by atoms with E-state index in [0.717, 1.165) is 26.5 Å². The highest BCUT2D eigenvalue weighted by Gasteiger charge is 2.15. The second-order valence-electron chi connectivity index (χ2n) is 4.23. The van der Waals surface area contributed by atoms with Crippen LogP contribution in [0.4, 0.5) is 0 Å². The highest BCUT2D eigenvalue weighted by molar-refractivity contribution is 9.10. The number of pyridine rings is 2. The molecule has 0 fully saturated rings. The maximum atomic E-state index is 10.5. The molecule has 0 spiro atoms.